The van der Waals surface area contributed by atoms with E-state index in [0.29, 0.717) is 17.6 Å². The van der Waals surface area contributed by atoms with Gasteiger partial charge in [-0.25, -0.2) is 0 Å². The van der Waals surface area contributed by atoms with Crippen molar-refractivity contribution in [3.63, 3.8) is 0 Å². The average molecular weight is 243 g/mol. The van der Waals surface area contributed by atoms with Crippen molar-refractivity contribution in [1.82, 2.24) is 0 Å². The third-order valence-corrected chi connectivity index (χ3v) is 3.17. The van der Waals surface area contributed by atoms with Crippen LogP contribution in [0.3, 0.4) is 0 Å². The highest BCUT2D eigenvalue weighted by molar-refractivity contribution is 5.47. The average Bonchev–Trinajstić information content (AvgIpc) is 3.09. The molecule has 0 radical (unpaired) electrons. The van der Waals surface area contributed by atoms with E-state index in [1.54, 1.807) is 6.07 Å². The molecular formula is C13H16F3N. The van der Waals surface area contributed by atoms with Gasteiger partial charge in [-0.3, -0.25) is 0 Å². The van der Waals surface area contributed by atoms with Crippen LogP contribution < -0.4 is 5.32 Å². The molecule has 1 saturated carbocycles. The van der Waals surface area contributed by atoms with Crippen LogP contribution in [0.4, 0.5) is 18.9 Å². The largest absolute Gasteiger partial charge is 0.416 e. The molecule has 0 heterocycles. The van der Waals surface area contributed by atoms with Gasteiger partial charge in [-0.1, -0.05) is 13.0 Å². The van der Waals surface area contributed by atoms with Gasteiger partial charge in [0.25, 0.3) is 0 Å². The summed E-state index contributed by atoms with van der Waals surface area (Å²) in [5, 5.41) is 3.20. The summed E-state index contributed by atoms with van der Waals surface area (Å²) in [7, 11) is 0. The summed E-state index contributed by atoms with van der Waals surface area (Å²) in [5.41, 5.74) is -0.0216. The molecule has 1 aromatic rings. The molecule has 4 heteroatoms. The molecule has 17 heavy (non-hydrogen) atoms. The van der Waals surface area contributed by atoms with Crippen LogP contribution in [-0.4, -0.2) is 6.04 Å². The van der Waals surface area contributed by atoms with Crippen LogP contribution in [-0.2, 0) is 6.18 Å². The summed E-state index contributed by atoms with van der Waals surface area (Å²) < 4.78 is 37.6. The molecule has 0 aliphatic heterocycles. The molecule has 0 aromatic heterocycles. The van der Waals surface area contributed by atoms with Gasteiger partial charge in [-0.2, -0.15) is 13.2 Å². The van der Waals surface area contributed by atoms with Crippen LogP contribution >= 0.6 is 0 Å². The second kappa shape index (κ2) is 4.59. The monoisotopic (exact) mass is 243 g/mol. The van der Waals surface area contributed by atoms with Crippen molar-refractivity contribution in [2.75, 3.05) is 5.32 Å². The van der Waals surface area contributed by atoms with Gasteiger partial charge in [0, 0.05) is 11.7 Å². The van der Waals surface area contributed by atoms with Gasteiger partial charge in [-0.05, 0) is 43.4 Å². The maximum absolute atomic E-state index is 12.5. The molecule has 0 saturated heterocycles. The predicted octanol–water partition coefficient (Wildman–Crippen LogP) is 4.31. The van der Waals surface area contributed by atoms with Gasteiger partial charge in [0.1, 0.15) is 0 Å². The number of hydrogen-bond acceptors (Lipinski definition) is 1. The van der Waals surface area contributed by atoms with E-state index >= 15 is 0 Å². The Balaban J connectivity index is 2.10. The minimum absolute atomic E-state index is 0.304. The highest BCUT2D eigenvalue weighted by atomic mass is 19.4. The lowest BCUT2D eigenvalue weighted by atomic mass is 10.1. The third kappa shape index (κ3) is 3.14. The normalized spacial score (nSPS) is 17.9. The van der Waals surface area contributed by atoms with E-state index in [2.05, 4.69) is 12.2 Å². The highest BCUT2D eigenvalue weighted by Crippen LogP contribution is 2.36. The summed E-state index contributed by atoms with van der Waals surface area (Å²) >= 11 is 0. The second-order valence-electron chi connectivity index (χ2n) is 4.58. The van der Waals surface area contributed by atoms with E-state index < -0.39 is 11.7 Å². The van der Waals surface area contributed by atoms with Crippen molar-refractivity contribution in [3.05, 3.63) is 29.8 Å². The molecule has 1 aliphatic carbocycles. The molecule has 1 N–H and O–H groups in total. The molecule has 1 unspecified atom stereocenters. The van der Waals surface area contributed by atoms with Gasteiger partial charge in [0.2, 0.25) is 0 Å². The fourth-order valence-electron chi connectivity index (χ4n) is 2.05. The fourth-order valence-corrected chi connectivity index (χ4v) is 2.05. The lowest BCUT2D eigenvalue weighted by Crippen LogP contribution is -2.20. The number of alkyl halides is 3. The van der Waals surface area contributed by atoms with Gasteiger partial charge in [-0.15, -0.1) is 0 Å². The maximum atomic E-state index is 12.5. The zero-order valence-corrected chi connectivity index (χ0v) is 9.72. The summed E-state index contributed by atoms with van der Waals surface area (Å²) in [6.07, 6.45) is -0.950. The molecular weight excluding hydrogens is 227 g/mol. The zero-order valence-electron chi connectivity index (χ0n) is 9.72. The SMILES string of the molecule is CCC(Nc1cccc(C(F)(F)F)c1)C1CC1. The Kier molecular flexibility index (Phi) is 3.31. The Morgan fingerprint density at radius 3 is 2.59 bits per heavy atom. The van der Waals surface area contributed by atoms with E-state index in [0.717, 1.165) is 12.5 Å². The first kappa shape index (κ1) is 12.3. The molecule has 1 aliphatic rings. The van der Waals surface area contributed by atoms with Crippen LogP contribution in [0, 0.1) is 5.92 Å². The Hall–Kier alpha value is -1.19. The van der Waals surface area contributed by atoms with Crippen molar-refractivity contribution in [1.29, 1.82) is 0 Å². The lowest BCUT2D eigenvalue weighted by molar-refractivity contribution is -0.137. The van der Waals surface area contributed by atoms with E-state index in [4.69, 9.17) is 0 Å². The molecule has 1 fully saturated rings. The Morgan fingerprint density at radius 1 is 1.35 bits per heavy atom. The summed E-state index contributed by atoms with van der Waals surface area (Å²) in [6.45, 7) is 2.06. The van der Waals surface area contributed by atoms with Crippen LogP contribution in [0.1, 0.15) is 31.7 Å². The quantitative estimate of drug-likeness (QED) is 0.831. The van der Waals surface area contributed by atoms with Gasteiger partial charge in [0.05, 0.1) is 5.56 Å². The first-order valence-corrected chi connectivity index (χ1v) is 5.94. The minimum Gasteiger partial charge on any atom is -0.382 e. The minimum atomic E-state index is -4.26. The smallest absolute Gasteiger partial charge is 0.382 e. The Labute approximate surface area is 99.0 Å². The van der Waals surface area contributed by atoms with Crippen molar-refractivity contribution in [2.45, 2.75) is 38.4 Å². The molecule has 94 valence electrons. The van der Waals surface area contributed by atoms with Crippen LogP contribution in [0.5, 0.6) is 0 Å². The molecule has 1 aromatic carbocycles. The van der Waals surface area contributed by atoms with Crippen molar-refractivity contribution >= 4 is 5.69 Å². The number of benzene rings is 1. The van der Waals surface area contributed by atoms with Gasteiger partial charge >= 0.3 is 6.18 Å². The molecule has 0 bridgehead atoms. The van der Waals surface area contributed by atoms with Crippen LogP contribution in [0.15, 0.2) is 24.3 Å². The number of anilines is 1. The topological polar surface area (TPSA) is 12.0 Å². The number of nitrogens with one attached hydrogen (secondary N) is 1. The first-order chi connectivity index (χ1) is 8.00. The third-order valence-electron chi connectivity index (χ3n) is 3.17. The Morgan fingerprint density at radius 2 is 2.06 bits per heavy atom. The van der Waals surface area contributed by atoms with Crippen molar-refractivity contribution in [2.24, 2.45) is 5.92 Å². The molecule has 0 amide bonds. The fraction of sp³-hybridized carbons (Fsp3) is 0.538. The molecule has 1 atom stereocenters. The Bertz CT molecular complexity index is 382. The molecule has 0 spiro atoms. The van der Waals surface area contributed by atoms with Gasteiger partial charge < -0.3 is 5.32 Å². The maximum Gasteiger partial charge on any atom is 0.416 e. The first-order valence-electron chi connectivity index (χ1n) is 5.94. The van der Waals surface area contributed by atoms with E-state index in [-0.39, 0.29) is 0 Å². The van der Waals surface area contributed by atoms with E-state index in [9.17, 15) is 13.2 Å². The summed E-state index contributed by atoms with van der Waals surface area (Å²) in [6, 6.07) is 5.73. The molecule has 2 rings (SSSR count). The summed E-state index contributed by atoms with van der Waals surface area (Å²) in [5.74, 6) is 0.634. The van der Waals surface area contributed by atoms with Crippen LogP contribution in [0.25, 0.3) is 0 Å². The number of halogens is 3. The number of hydrogen-bond donors (Lipinski definition) is 1. The second-order valence-corrected chi connectivity index (χ2v) is 4.58. The summed E-state index contributed by atoms with van der Waals surface area (Å²) in [4.78, 5) is 0. The highest BCUT2D eigenvalue weighted by Gasteiger charge is 2.32. The molecule has 1 nitrogen and oxygen atoms in total. The van der Waals surface area contributed by atoms with Crippen molar-refractivity contribution < 1.29 is 13.2 Å². The van der Waals surface area contributed by atoms with Gasteiger partial charge in [0.15, 0.2) is 0 Å². The standard InChI is InChI=1S/C13H16F3N/c1-2-12(9-6-7-9)17-11-5-3-4-10(8-11)13(14,15)16/h3-5,8-9,12,17H,2,6-7H2,1H3. The lowest BCUT2D eigenvalue weighted by Gasteiger charge is -2.18. The van der Waals surface area contributed by atoms with Crippen molar-refractivity contribution in [3.8, 4) is 0 Å². The van der Waals surface area contributed by atoms with E-state index in [1.165, 1.54) is 25.0 Å². The number of rotatable bonds is 4. The van der Waals surface area contributed by atoms with E-state index in [1.807, 2.05) is 0 Å². The predicted molar refractivity (Wildman–Crippen MR) is 61.9 cm³/mol. The zero-order chi connectivity index (χ0) is 12.5. The van der Waals surface area contributed by atoms with Crippen LogP contribution in [0.2, 0.25) is 0 Å².